The first-order chi connectivity index (χ1) is 7.81. The largest absolute Gasteiger partial charge is 0.381 e. The molecule has 92 valence electrons. The van der Waals surface area contributed by atoms with Crippen LogP contribution in [0.4, 0.5) is 0 Å². The van der Waals surface area contributed by atoms with Crippen LogP contribution in [0.25, 0.3) is 0 Å². The second-order valence-corrected chi connectivity index (χ2v) is 4.52. The van der Waals surface area contributed by atoms with Crippen LogP contribution in [0.2, 0.25) is 0 Å². The molecular weight excluding hydrogens is 206 g/mol. The van der Waals surface area contributed by atoms with Gasteiger partial charge in [-0.1, -0.05) is 0 Å². The smallest absolute Gasteiger partial charge is 0.228 e. The fourth-order valence-electron chi connectivity index (χ4n) is 2.36. The van der Waals surface area contributed by atoms with Crippen molar-refractivity contribution >= 4 is 5.91 Å². The predicted molar refractivity (Wildman–Crippen MR) is 61.0 cm³/mol. The highest BCUT2D eigenvalue weighted by molar-refractivity contribution is 5.79. The fourth-order valence-corrected chi connectivity index (χ4v) is 2.36. The van der Waals surface area contributed by atoms with Crippen LogP contribution in [-0.4, -0.2) is 68.2 Å². The number of hydrogen-bond donors (Lipinski definition) is 1. The first-order valence-corrected chi connectivity index (χ1v) is 6.10. The highest BCUT2D eigenvalue weighted by Gasteiger charge is 2.29. The maximum atomic E-state index is 12.1. The third-order valence-corrected chi connectivity index (χ3v) is 3.41. The number of nitrogens with two attached hydrogens (primary N) is 1. The Morgan fingerprint density at radius 3 is 2.62 bits per heavy atom. The number of nitrogens with zero attached hydrogens (tertiary/aromatic N) is 2. The molecule has 2 N–H and O–H groups in total. The minimum Gasteiger partial charge on any atom is -0.381 e. The van der Waals surface area contributed by atoms with Crippen molar-refractivity contribution in [2.45, 2.75) is 6.42 Å². The van der Waals surface area contributed by atoms with Crippen molar-refractivity contribution in [2.24, 2.45) is 11.7 Å². The lowest BCUT2D eigenvalue weighted by molar-refractivity contribution is -0.137. The summed E-state index contributed by atoms with van der Waals surface area (Å²) in [7, 11) is 0. The maximum Gasteiger partial charge on any atom is 0.228 e. The second kappa shape index (κ2) is 5.61. The average Bonchev–Trinajstić information content (AvgIpc) is 2.83. The van der Waals surface area contributed by atoms with Crippen molar-refractivity contribution in [2.75, 3.05) is 52.5 Å². The Balaban J connectivity index is 1.77. The minimum atomic E-state index is 0.112. The summed E-state index contributed by atoms with van der Waals surface area (Å²) in [6.07, 6.45) is 0.891. The normalized spacial score (nSPS) is 27.3. The molecule has 0 aliphatic carbocycles. The number of carbonyl (C=O) groups is 1. The molecular formula is C11H21N3O2. The highest BCUT2D eigenvalue weighted by Crippen LogP contribution is 2.16. The quantitative estimate of drug-likeness (QED) is 0.680. The van der Waals surface area contributed by atoms with Crippen LogP contribution in [-0.2, 0) is 9.53 Å². The summed E-state index contributed by atoms with van der Waals surface area (Å²) in [6, 6.07) is 0. The van der Waals surface area contributed by atoms with Crippen molar-refractivity contribution < 1.29 is 9.53 Å². The molecule has 0 aromatic rings. The Kier molecular flexibility index (Phi) is 4.15. The molecule has 2 saturated heterocycles. The van der Waals surface area contributed by atoms with Gasteiger partial charge < -0.3 is 15.4 Å². The molecule has 5 nitrogen and oxygen atoms in total. The molecule has 2 aliphatic rings. The summed E-state index contributed by atoms with van der Waals surface area (Å²) in [5.74, 6) is 0.394. The van der Waals surface area contributed by atoms with E-state index in [1.807, 2.05) is 4.90 Å². The standard InChI is InChI=1S/C11H21N3O2/c12-2-3-13-4-6-14(7-5-13)11(15)10-1-8-16-9-10/h10H,1-9,12H2. The molecule has 0 radical (unpaired) electrons. The number of ether oxygens (including phenoxy) is 1. The van der Waals surface area contributed by atoms with Gasteiger partial charge in [-0.15, -0.1) is 0 Å². The van der Waals surface area contributed by atoms with E-state index in [1.54, 1.807) is 0 Å². The molecule has 16 heavy (non-hydrogen) atoms. The highest BCUT2D eigenvalue weighted by atomic mass is 16.5. The summed E-state index contributed by atoms with van der Waals surface area (Å²) >= 11 is 0. The van der Waals surface area contributed by atoms with Gasteiger partial charge in [-0.3, -0.25) is 9.69 Å². The van der Waals surface area contributed by atoms with Gasteiger partial charge in [0.1, 0.15) is 0 Å². The molecule has 0 aromatic heterocycles. The van der Waals surface area contributed by atoms with Crippen LogP contribution in [0.15, 0.2) is 0 Å². The Labute approximate surface area is 96.5 Å². The monoisotopic (exact) mass is 227 g/mol. The van der Waals surface area contributed by atoms with Gasteiger partial charge in [-0.05, 0) is 6.42 Å². The summed E-state index contributed by atoms with van der Waals surface area (Å²) < 4.78 is 5.25. The van der Waals surface area contributed by atoms with Crippen LogP contribution >= 0.6 is 0 Å². The zero-order valence-corrected chi connectivity index (χ0v) is 9.73. The molecule has 1 unspecified atom stereocenters. The average molecular weight is 227 g/mol. The van der Waals surface area contributed by atoms with Gasteiger partial charge in [0.15, 0.2) is 0 Å². The van der Waals surface area contributed by atoms with Crippen LogP contribution < -0.4 is 5.73 Å². The summed E-state index contributed by atoms with van der Waals surface area (Å²) in [4.78, 5) is 16.4. The van der Waals surface area contributed by atoms with Crippen molar-refractivity contribution in [3.8, 4) is 0 Å². The predicted octanol–water partition coefficient (Wildman–Crippen LogP) is -0.874. The molecule has 0 spiro atoms. The van der Waals surface area contributed by atoms with Gasteiger partial charge in [0.2, 0.25) is 5.91 Å². The van der Waals surface area contributed by atoms with Gasteiger partial charge in [0, 0.05) is 45.9 Å². The van der Waals surface area contributed by atoms with Gasteiger partial charge in [0.25, 0.3) is 0 Å². The molecule has 2 rings (SSSR count). The van der Waals surface area contributed by atoms with Gasteiger partial charge in [-0.2, -0.15) is 0 Å². The number of carbonyl (C=O) groups excluding carboxylic acids is 1. The fraction of sp³-hybridized carbons (Fsp3) is 0.909. The Morgan fingerprint density at radius 1 is 1.31 bits per heavy atom. The third kappa shape index (κ3) is 2.72. The Bertz CT molecular complexity index is 233. The van der Waals surface area contributed by atoms with E-state index < -0.39 is 0 Å². The Morgan fingerprint density at radius 2 is 2.06 bits per heavy atom. The van der Waals surface area contributed by atoms with Crippen LogP contribution in [0.3, 0.4) is 0 Å². The Hall–Kier alpha value is -0.650. The van der Waals surface area contributed by atoms with E-state index in [4.69, 9.17) is 10.5 Å². The summed E-state index contributed by atoms with van der Waals surface area (Å²) in [5.41, 5.74) is 5.51. The maximum absolute atomic E-state index is 12.1. The van der Waals surface area contributed by atoms with E-state index in [2.05, 4.69) is 4.90 Å². The topological polar surface area (TPSA) is 58.8 Å². The van der Waals surface area contributed by atoms with Crippen molar-refractivity contribution in [1.29, 1.82) is 0 Å². The SMILES string of the molecule is NCCN1CCN(C(=O)C2CCOC2)CC1. The molecule has 2 fully saturated rings. The van der Waals surface area contributed by atoms with E-state index in [-0.39, 0.29) is 11.8 Å². The molecule has 2 heterocycles. The molecule has 0 saturated carbocycles. The van der Waals surface area contributed by atoms with Gasteiger partial charge >= 0.3 is 0 Å². The lowest BCUT2D eigenvalue weighted by Gasteiger charge is -2.35. The van der Waals surface area contributed by atoms with E-state index in [0.29, 0.717) is 13.2 Å². The third-order valence-electron chi connectivity index (χ3n) is 3.41. The molecule has 5 heteroatoms. The number of piperazine rings is 1. The zero-order chi connectivity index (χ0) is 11.4. The van der Waals surface area contributed by atoms with E-state index in [9.17, 15) is 4.79 Å². The zero-order valence-electron chi connectivity index (χ0n) is 9.73. The number of rotatable bonds is 3. The van der Waals surface area contributed by atoms with Crippen molar-refractivity contribution in [1.82, 2.24) is 9.80 Å². The van der Waals surface area contributed by atoms with Gasteiger partial charge in [0.05, 0.1) is 12.5 Å². The number of amides is 1. The van der Waals surface area contributed by atoms with Crippen LogP contribution in [0, 0.1) is 5.92 Å². The molecule has 0 aromatic carbocycles. The van der Waals surface area contributed by atoms with Crippen molar-refractivity contribution in [3.05, 3.63) is 0 Å². The summed E-state index contributed by atoms with van der Waals surface area (Å²) in [6.45, 7) is 6.59. The number of hydrogen-bond acceptors (Lipinski definition) is 4. The van der Waals surface area contributed by atoms with E-state index >= 15 is 0 Å². The van der Waals surface area contributed by atoms with Crippen LogP contribution in [0.5, 0.6) is 0 Å². The van der Waals surface area contributed by atoms with Crippen LogP contribution in [0.1, 0.15) is 6.42 Å². The first kappa shape index (κ1) is 11.8. The first-order valence-electron chi connectivity index (χ1n) is 6.10. The minimum absolute atomic E-state index is 0.112. The lowest BCUT2D eigenvalue weighted by atomic mass is 10.1. The van der Waals surface area contributed by atoms with E-state index in [0.717, 1.165) is 45.8 Å². The summed E-state index contributed by atoms with van der Waals surface area (Å²) in [5, 5.41) is 0. The molecule has 1 amide bonds. The van der Waals surface area contributed by atoms with E-state index in [1.165, 1.54) is 0 Å². The second-order valence-electron chi connectivity index (χ2n) is 4.52. The lowest BCUT2D eigenvalue weighted by Crippen LogP contribution is -2.51. The molecule has 1 atom stereocenters. The van der Waals surface area contributed by atoms with Crippen molar-refractivity contribution in [3.63, 3.8) is 0 Å². The molecule has 2 aliphatic heterocycles. The molecule has 0 bridgehead atoms. The van der Waals surface area contributed by atoms with Gasteiger partial charge in [-0.25, -0.2) is 0 Å².